The molecule has 3 aromatic rings. The van der Waals surface area contributed by atoms with Gasteiger partial charge in [-0.05, 0) is 36.4 Å². The van der Waals surface area contributed by atoms with Crippen molar-refractivity contribution in [2.24, 2.45) is 0 Å². The van der Waals surface area contributed by atoms with E-state index in [0.29, 0.717) is 5.56 Å². The number of hydrogen-bond donors (Lipinski definition) is 2. The molecule has 1 heterocycles. The molecule has 0 fully saturated rings. The first-order valence-electron chi connectivity index (χ1n) is 7.33. The Morgan fingerprint density at radius 2 is 1.77 bits per heavy atom. The van der Waals surface area contributed by atoms with Crippen LogP contribution < -0.4 is 5.32 Å². The van der Waals surface area contributed by atoms with Crippen LogP contribution in [-0.4, -0.2) is 29.7 Å². The summed E-state index contributed by atoms with van der Waals surface area (Å²) in [4.78, 5) is 7.28. The van der Waals surface area contributed by atoms with Crippen molar-refractivity contribution in [2.75, 3.05) is 11.6 Å². The summed E-state index contributed by atoms with van der Waals surface area (Å²) >= 11 is 0. The van der Waals surface area contributed by atoms with Gasteiger partial charge >= 0.3 is 0 Å². The number of benzene rings is 2. The van der Waals surface area contributed by atoms with Gasteiger partial charge in [0.2, 0.25) is 5.95 Å². The van der Waals surface area contributed by atoms with Crippen molar-refractivity contribution in [3.63, 3.8) is 0 Å². The molecule has 26 heavy (non-hydrogen) atoms. The van der Waals surface area contributed by atoms with Crippen molar-refractivity contribution >= 4 is 21.5 Å². The number of nitrogens with one attached hydrogen (secondary N) is 1. The Morgan fingerprint density at radius 3 is 2.42 bits per heavy atom. The lowest BCUT2D eigenvalue weighted by Crippen LogP contribution is -2.06. The number of aromatic hydroxyl groups is 1. The van der Waals surface area contributed by atoms with Crippen molar-refractivity contribution < 1.29 is 22.3 Å². The molecule has 134 valence electrons. The standard InChI is InChI=1S/C17H13F2N3O3S/c1-26(24,25)14-4-2-3-13(15(14)19)21-17-20-9-12(18)16(22-17)10-5-7-11(23)8-6-10/h2-9,23H,1H3,(H,20,21,22). The van der Waals surface area contributed by atoms with Crippen LogP contribution in [0.5, 0.6) is 5.75 Å². The summed E-state index contributed by atoms with van der Waals surface area (Å²) in [5.41, 5.74) is 0.175. The Balaban J connectivity index is 2.00. The molecule has 2 N–H and O–H groups in total. The van der Waals surface area contributed by atoms with Gasteiger partial charge in [-0.1, -0.05) is 6.07 Å². The van der Waals surface area contributed by atoms with Crippen LogP contribution in [0.1, 0.15) is 0 Å². The van der Waals surface area contributed by atoms with Gasteiger partial charge < -0.3 is 10.4 Å². The van der Waals surface area contributed by atoms with Gasteiger partial charge in [0.1, 0.15) is 16.3 Å². The largest absolute Gasteiger partial charge is 0.508 e. The Hall–Kier alpha value is -3.07. The van der Waals surface area contributed by atoms with Crippen LogP contribution >= 0.6 is 0 Å². The summed E-state index contributed by atoms with van der Waals surface area (Å²) in [6, 6.07) is 9.51. The van der Waals surface area contributed by atoms with E-state index >= 15 is 0 Å². The number of rotatable bonds is 4. The van der Waals surface area contributed by atoms with Crippen molar-refractivity contribution in [3.05, 3.63) is 60.3 Å². The van der Waals surface area contributed by atoms with E-state index in [-0.39, 0.29) is 23.1 Å². The molecule has 0 amide bonds. The fraction of sp³-hybridized carbons (Fsp3) is 0.0588. The second-order valence-corrected chi connectivity index (χ2v) is 7.44. The summed E-state index contributed by atoms with van der Waals surface area (Å²) in [5, 5.41) is 11.9. The number of nitrogens with zero attached hydrogens (tertiary/aromatic N) is 2. The molecule has 0 atom stereocenters. The topological polar surface area (TPSA) is 92.2 Å². The molecule has 9 heteroatoms. The molecular weight excluding hydrogens is 364 g/mol. The third-order valence-corrected chi connectivity index (χ3v) is 4.61. The molecule has 3 rings (SSSR count). The van der Waals surface area contributed by atoms with E-state index < -0.39 is 26.4 Å². The summed E-state index contributed by atoms with van der Waals surface area (Å²) in [7, 11) is -3.75. The third-order valence-electron chi connectivity index (χ3n) is 3.49. The molecule has 1 aromatic heterocycles. The van der Waals surface area contributed by atoms with Crippen molar-refractivity contribution in [1.82, 2.24) is 9.97 Å². The quantitative estimate of drug-likeness (QED) is 0.725. The van der Waals surface area contributed by atoms with E-state index in [2.05, 4.69) is 15.3 Å². The maximum absolute atomic E-state index is 14.4. The molecule has 0 unspecified atom stereocenters. The molecule has 6 nitrogen and oxygen atoms in total. The lowest BCUT2D eigenvalue weighted by atomic mass is 10.1. The second kappa shape index (κ2) is 6.68. The van der Waals surface area contributed by atoms with E-state index in [1.54, 1.807) is 0 Å². The van der Waals surface area contributed by atoms with E-state index in [1.165, 1.54) is 36.4 Å². The smallest absolute Gasteiger partial charge is 0.228 e. The minimum Gasteiger partial charge on any atom is -0.508 e. The Morgan fingerprint density at radius 1 is 1.08 bits per heavy atom. The number of phenolic OH excluding ortho intramolecular Hbond substituents is 1. The molecule has 0 aliphatic heterocycles. The molecule has 0 aliphatic rings. The fourth-order valence-electron chi connectivity index (χ4n) is 2.26. The van der Waals surface area contributed by atoms with Gasteiger partial charge in [-0.25, -0.2) is 27.2 Å². The van der Waals surface area contributed by atoms with Crippen LogP contribution in [0.3, 0.4) is 0 Å². The Labute approximate surface area is 148 Å². The van der Waals surface area contributed by atoms with Crippen LogP contribution in [0.2, 0.25) is 0 Å². The molecule has 0 aliphatic carbocycles. The van der Waals surface area contributed by atoms with Gasteiger partial charge in [0, 0.05) is 11.8 Å². The van der Waals surface area contributed by atoms with Crippen molar-refractivity contribution in [1.29, 1.82) is 0 Å². The van der Waals surface area contributed by atoms with Crippen LogP contribution in [0.25, 0.3) is 11.3 Å². The van der Waals surface area contributed by atoms with Gasteiger partial charge in [0.25, 0.3) is 0 Å². The number of aromatic nitrogens is 2. The lowest BCUT2D eigenvalue weighted by molar-refractivity contribution is 0.475. The molecular formula is C17H13F2N3O3S. The highest BCUT2D eigenvalue weighted by atomic mass is 32.2. The minimum absolute atomic E-state index is 0.0150. The summed E-state index contributed by atoms with van der Waals surface area (Å²) in [6.45, 7) is 0. The van der Waals surface area contributed by atoms with Crippen LogP contribution in [0, 0.1) is 11.6 Å². The van der Waals surface area contributed by atoms with E-state index in [0.717, 1.165) is 18.5 Å². The highest BCUT2D eigenvalue weighted by Crippen LogP contribution is 2.27. The van der Waals surface area contributed by atoms with E-state index in [4.69, 9.17) is 0 Å². The number of halogens is 2. The average Bonchev–Trinajstić information content (AvgIpc) is 2.58. The first kappa shape index (κ1) is 17.7. The molecule has 0 saturated heterocycles. The number of anilines is 2. The van der Waals surface area contributed by atoms with Crippen molar-refractivity contribution in [2.45, 2.75) is 4.90 Å². The van der Waals surface area contributed by atoms with Crippen LogP contribution in [-0.2, 0) is 9.84 Å². The maximum Gasteiger partial charge on any atom is 0.228 e. The van der Waals surface area contributed by atoms with Crippen molar-refractivity contribution in [3.8, 4) is 17.0 Å². The predicted octanol–water partition coefficient (Wildman–Crippen LogP) is 3.27. The van der Waals surface area contributed by atoms with E-state index in [9.17, 15) is 22.3 Å². The lowest BCUT2D eigenvalue weighted by Gasteiger charge is -2.10. The zero-order valence-corrected chi connectivity index (χ0v) is 14.3. The minimum atomic E-state index is -3.75. The van der Waals surface area contributed by atoms with Gasteiger partial charge in [0.15, 0.2) is 21.5 Å². The van der Waals surface area contributed by atoms with Gasteiger partial charge in [-0.3, -0.25) is 0 Å². The fourth-order valence-corrected chi connectivity index (χ4v) is 3.02. The van der Waals surface area contributed by atoms with Crippen LogP contribution in [0.4, 0.5) is 20.4 Å². The highest BCUT2D eigenvalue weighted by Gasteiger charge is 2.18. The predicted molar refractivity (Wildman–Crippen MR) is 91.9 cm³/mol. The molecule has 0 saturated carbocycles. The molecule has 2 aromatic carbocycles. The van der Waals surface area contributed by atoms with Gasteiger partial charge in [-0.2, -0.15) is 0 Å². The molecule has 0 radical (unpaired) electrons. The first-order valence-corrected chi connectivity index (χ1v) is 9.22. The molecule has 0 bridgehead atoms. The Bertz CT molecular complexity index is 1070. The first-order chi connectivity index (χ1) is 12.3. The zero-order valence-electron chi connectivity index (χ0n) is 13.4. The van der Waals surface area contributed by atoms with Gasteiger partial charge in [-0.15, -0.1) is 0 Å². The normalized spacial score (nSPS) is 11.3. The van der Waals surface area contributed by atoms with Gasteiger partial charge in [0.05, 0.1) is 11.9 Å². The highest BCUT2D eigenvalue weighted by molar-refractivity contribution is 7.90. The Kier molecular flexibility index (Phi) is 4.56. The molecule has 0 spiro atoms. The SMILES string of the molecule is CS(=O)(=O)c1cccc(Nc2ncc(F)c(-c3ccc(O)cc3)n2)c1F. The third kappa shape index (κ3) is 3.62. The summed E-state index contributed by atoms with van der Waals surface area (Å²) < 4.78 is 51.6. The summed E-state index contributed by atoms with van der Waals surface area (Å²) in [6.07, 6.45) is 1.81. The number of hydrogen-bond acceptors (Lipinski definition) is 6. The average molecular weight is 377 g/mol. The zero-order chi connectivity index (χ0) is 18.9. The monoisotopic (exact) mass is 377 g/mol. The number of phenols is 1. The van der Waals surface area contributed by atoms with Crippen LogP contribution in [0.15, 0.2) is 53.6 Å². The second-order valence-electron chi connectivity index (χ2n) is 5.45. The number of sulfone groups is 1. The van der Waals surface area contributed by atoms with E-state index in [1.807, 2.05) is 0 Å². The summed E-state index contributed by atoms with van der Waals surface area (Å²) in [5.74, 6) is -1.78. The maximum atomic E-state index is 14.4.